The normalized spacial score (nSPS) is 10.1. The topological polar surface area (TPSA) is 50.2 Å². The number of hydrogen-bond acceptors (Lipinski definition) is 3. The fraction of sp³-hybridized carbons (Fsp3) is 0. The van der Waals surface area contributed by atoms with Gasteiger partial charge in [-0.2, -0.15) is 4.37 Å². The van der Waals surface area contributed by atoms with Crippen LogP contribution in [0.1, 0.15) is 10.5 Å². The lowest BCUT2D eigenvalue weighted by Gasteiger charge is -1.85. The average molecular weight is 194 g/mol. The monoisotopic (exact) mass is 193 g/mol. The summed E-state index contributed by atoms with van der Waals surface area (Å²) < 4.78 is 4.53. The van der Waals surface area contributed by atoms with Gasteiger partial charge in [-0.15, -0.1) is 0 Å². The highest BCUT2D eigenvalue weighted by atomic mass is 35.5. The smallest absolute Gasteiger partial charge is 0.357 e. The van der Waals surface area contributed by atoms with Crippen LogP contribution in [0, 0.1) is 0 Å². The van der Waals surface area contributed by atoms with Gasteiger partial charge in [-0.3, -0.25) is 0 Å². The standard InChI is InChI=1S/C4H4ClNO2SSi/c5-1-2(3(7)8)6-9-4(1)10/h10H3,(H,7,8). The van der Waals surface area contributed by atoms with E-state index in [9.17, 15) is 4.79 Å². The van der Waals surface area contributed by atoms with Crippen molar-refractivity contribution in [2.24, 2.45) is 0 Å². The number of aromatic nitrogens is 1. The molecule has 0 aliphatic rings. The van der Waals surface area contributed by atoms with Crippen LogP contribution in [-0.4, -0.2) is 25.7 Å². The van der Waals surface area contributed by atoms with Crippen LogP contribution < -0.4 is 4.50 Å². The predicted octanol–water partition coefficient (Wildman–Crippen LogP) is -0.515. The Bertz CT molecular complexity index is 274. The minimum atomic E-state index is -1.05. The van der Waals surface area contributed by atoms with Crippen molar-refractivity contribution in [1.29, 1.82) is 0 Å². The number of rotatable bonds is 1. The molecule has 3 nitrogen and oxygen atoms in total. The molecule has 6 heteroatoms. The second-order valence-corrected chi connectivity index (χ2v) is 4.79. The van der Waals surface area contributed by atoms with Crippen LogP contribution in [-0.2, 0) is 0 Å². The highest BCUT2D eigenvalue weighted by Crippen LogP contribution is 2.12. The Labute approximate surface area is 69.2 Å². The molecule has 0 radical (unpaired) electrons. The molecule has 1 aromatic rings. The number of nitrogens with zero attached hydrogens (tertiary/aromatic N) is 1. The van der Waals surface area contributed by atoms with E-state index < -0.39 is 5.97 Å². The average Bonchev–Trinajstić information content (AvgIpc) is 2.14. The van der Waals surface area contributed by atoms with Crippen LogP contribution in [0.25, 0.3) is 0 Å². The number of carboxylic acids is 1. The quantitative estimate of drug-likeness (QED) is 0.611. The Morgan fingerprint density at radius 1 is 1.80 bits per heavy atom. The van der Waals surface area contributed by atoms with Crippen LogP contribution in [0.4, 0.5) is 0 Å². The van der Waals surface area contributed by atoms with Crippen molar-refractivity contribution in [3.05, 3.63) is 10.7 Å². The molecule has 0 saturated carbocycles. The molecule has 0 atom stereocenters. The molecule has 1 N–H and O–H groups in total. The Morgan fingerprint density at radius 3 is 2.60 bits per heavy atom. The summed E-state index contributed by atoms with van der Waals surface area (Å²) in [6, 6.07) is 0. The van der Waals surface area contributed by atoms with E-state index in [1.54, 1.807) is 0 Å². The first-order valence-electron chi connectivity index (χ1n) is 2.48. The number of carbonyl (C=O) groups is 1. The van der Waals surface area contributed by atoms with Gasteiger partial charge in [0, 0.05) is 4.50 Å². The summed E-state index contributed by atoms with van der Waals surface area (Å²) in [5, 5.41) is 8.76. The summed E-state index contributed by atoms with van der Waals surface area (Å²) in [5.41, 5.74) is -0.0170. The Balaban J connectivity index is 3.17. The molecular formula is C4H4ClNO2SSi. The molecule has 1 rings (SSSR count). The van der Waals surface area contributed by atoms with Gasteiger partial charge in [-0.05, 0) is 11.5 Å². The number of hydrogen-bond donors (Lipinski definition) is 1. The van der Waals surface area contributed by atoms with E-state index in [0.717, 1.165) is 26.3 Å². The van der Waals surface area contributed by atoms with Gasteiger partial charge in [0.15, 0.2) is 5.69 Å². The minimum absolute atomic E-state index is 0.0170. The summed E-state index contributed by atoms with van der Waals surface area (Å²) >= 11 is 6.76. The molecule has 0 bridgehead atoms. The van der Waals surface area contributed by atoms with E-state index in [-0.39, 0.29) is 5.69 Å². The summed E-state index contributed by atoms with van der Waals surface area (Å²) in [5.74, 6) is -1.05. The molecule has 0 aliphatic carbocycles. The fourth-order valence-corrected chi connectivity index (χ4v) is 1.86. The Kier molecular flexibility index (Phi) is 2.07. The van der Waals surface area contributed by atoms with Crippen molar-refractivity contribution >= 4 is 43.8 Å². The molecule has 54 valence electrons. The largest absolute Gasteiger partial charge is 0.476 e. The number of aromatic carboxylic acids is 1. The Morgan fingerprint density at radius 2 is 2.40 bits per heavy atom. The maximum atomic E-state index is 10.3. The molecular weight excluding hydrogens is 190 g/mol. The first kappa shape index (κ1) is 7.71. The molecule has 1 heterocycles. The molecule has 0 aromatic carbocycles. The first-order valence-corrected chi connectivity index (χ1v) is 4.63. The highest BCUT2D eigenvalue weighted by Gasteiger charge is 2.13. The van der Waals surface area contributed by atoms with E-state index in [1.165, 1.54) is 0 Å². The lowest BCUT2D eigenvalue weighted by molar-refractivity contribution is 0.0692. The molecule has 0 aliphatic heterocycles. The molecule has 0 saturated heterocycles. The van der Waals surface area contributed by atoms with Crippen molar-refractivity contribution in [2.75, 3.05) is 0 Å². The fourth-order valence-electron chi connectivity index (χ4n) is 0.494. The van der Waals surface area contributed by atoms with Crippen LogP contribution in [0.15, 0.2) is 0 Å². The summed E-state index contributed by atoms with van der Waals surface area (Å²) in [6.45, 7) is 0. The lowest BCUT2D eigenvalue weighted by Crippen LogP contribution is -2.01. The highest BCUT2D eigenvalue weighted by molar-refractivity contribution is 7.15. The van der Waals surface area contributed by atoms with Crippen molar-refractivity contribution in [2.45, 2.75) is 0 Å². The number of halogens is 1. The molecule has 0 unspecified atom stereocenters. The van der Waals surface area contributed by atoms with E-state index in [2.05, 4.69) is 4.37 Å². The van der Waals surface area contributed by atoms with Gasteiger partial charge in [-0.1, -0.05) is 11.6 Å². The van der Waals surface area contributed by atoms with E-state index >= 15 is 0 Å². The van der Waals surface area contributed by atoms with Crippen molar-refractivity contribution in [3.63, 3.8) is 0 Å². The molecule has 0 fully saturated rings. The summed E-state index contributed by atoms with van der Waals surface area (Å²) in [7, 11) is 0.753. The summed E-state index contributed by atoms with van der Waals surface area (Å²) in [4.78, 5) is 10.3. The van der Waals surface area contributed by atoms with Gasteiger partial charge >= 0.3 is 5.97 Å². The van der Waals surface area contributed by atoms with Crippen LogP contribution in [0.5, 0.6) is 0 Å². The predicted molar refractivity (Wildman–Crippen MR) is 43.7 cm³/mol. The van der Waals surface area contributed by atoms with Crippen LogP contribution in [0.3, 0.4) is 0 Å². The zero-order valence-electron chi connectivity index (χ0n) is 5.09. The molecule has 1 aromatic heterocycles. The van der Waals surface area contributed by atoms with Crippen molar-refractivity contribution in [1.82, 2.24) is 4.37 Å². The maximum absolute atomic E-state index is 10.3. The first-order chi connectivity index (χ1) is 4.63. The van der Waals surface area contributed by atoms with E-state index in [1.807, 2.05) is 0 Å². The number of carboxylic acid groups (broad SMARTS) is 1. The van der Waals surface area contributed by atoms with Gasteiger partial charge in [0.25, 0.3) is 0 Å². The van der Waals surface area contributed by atoms with E-state index in [0.29, 0.717) is 5.02 Å². The summed E-state index contributed by atoms with van der Waals surface area (Å²) in [6.07, 6.45) is 0. The minimum Gasteiger partial charge on any atom is -0.476 e. The third-order valence-electron chi connectivity index (χ3n) is 0.993. The zero-order valence-corrected chi connectivity index (χ0v) is 8.66. The molecule has 0 spiro atoms. The second-order valence-electron chi connectivity index (χ2n) is 1.71. The van der Waals surface area contributed by atoms with Crippen LogP contribution in [0.2, 0.25) is 5.02 Å². The lowest BCUT2D eigenvalue weighted by atomic mass is 10.4. The zero-order chi connectivity index (χ0) is 7.72. The van der Waals surface area contributed by atoms with Crippen molar-refractivity contribution in [3.8, 4) is 0 Å². The second kappa shape index (κ2) is 2.69. The van der Waals surface area contributed by atoms with Gasteiger partial charge in [0.1, 0.15) is 0 Å². The third-order valence-corrected chi connectivity index (χ3v) is 3.68. The molecule has 0 amide bonds. The van der Waals surface area contributed by atoms with Crippen molar-refractivity contribution < 1.29 is 9.90 Å². The van der Waals surface area contributed by atoms with E-state index in [4.69, 9.17) is 16.7 Å². The third kappa shape index (κ3) is 1.20. The van der Waals surface area contributed by atoms with Gasteiger partial charge in [-0.25, -0.2) is 4.79 Å². The van der Waals surface area contributed by atoms with Gasteiger partial charge < -0.3 is 5.11 Å². The van der Waals surface area contributed by atoms with Crippen LogP contribution >= 0.6 is 23.1 Å². The Hall–Kier alpha value is -0.393. The SMILES string of the molecule is O=C(O)c1nsc([SiH3])c1Cl. The van der Waals surface area contributed by atoms with Gasteiger partial charge in [0.05, 0.1) is 15.3 Å². The molecule has 10 heavy (non-hydrogen) atoms. The van der Waals surface area contributed by atoms with Gasteiger partial charge in [0.2, 0.25) is 0 Å². The maximum Gasteiger partial charge on any atom is 0.357 e.